The lowest BCUT2D eigenvalue weighted by Gasteiger charge is -2.16. The summed E-state index contributed by atoms with van der Waals surface area (Å²) >= 11 is 3.24. The zero-order valence-electron chi connectivity index (χ0n) is 12.7. The molecule has 3 aromatic rings. The number of carbonyl (C=O) groups is 1. The molecule has 3 aromatic heterocycles. The summed E-state index contributed by atoms with van der Waals surface area (Å²) in [5.41, 5.74) is 0.861. The van der Waals surface area contributed by atoms with Gasteiger partial charge in [-0.1, -0.05) is 0 Å². The first-order chi connectivity index (χ1) is 11.2. The fourth-order valence-corrected chi connectivity index (χ4v) is 4.19. The first-order valence-electron chi connectivity index (χ1n) is 7.57. The summed E-state index contributed by atoms with van der Waals surface area (Å²) in [6, 6.07) is -0.134. The summed E-state index contributed by atoms with van der Waals surface area (Å²) in [7, 11) is 0. The van der Waals surface area contributed by atoms with Crippen molar-refractivity contribution >= 4 is 33.7 Å². The van der Waals surface area contributed by atoms with Crippen molar-refractivity contribution in [3.63, 3.8) is 0 Å². The first kappa shape index (κ1) is 14.6. The van der Waals surface area contributed by atoms with E-state index in [1.807, 2.05) is 35.3 Å². The minimum Gasteiger partial charge on any atom is -0.332 e. The number of nitrogens with zero attached hydrogens (tertiary/aromatic N) is 3. The highest BCUT2D eigenvalue weighted by Gasteiger charge is 2.35. The Balaban J connectivity index is 1.37. The second-order valence-corrected chi connectivity index (χ2v) is 7.92. The number of aryl methyl sites for hydroxylation is 1. The highest BCUT2D eigenvalue weighted by Crippen LogP contribution is 2.41. The second kappa shape index (κ2) is 5.93. The van der Waals surface area contributed by atoms with Crippen LogP contribution < -0.4 is 10.6 Å². The zero-order chi connectivity index (χ0) is 15.8. The third-order valence-electron chi connectivity index (χ3n) is 3.86. The van der Waals surface area contributed by atoms with Gasteiger partial charge in [0.05, 0.1) is 18.3 Å². The van der Waals surface area contributed by atoms with Crippen molar-refractivity contribution in [2.75, 3.05) is 0 Å². The number of nitrogens with one attached hydrogen (secondary N) is 2. The molecule has 1 fully saturated rings. The number of amides is 2. The lowest BCUT2D eigenvalue weighted by atomic mass is 10.2. The van der Waals surface area contributed by atoms with Gasteiger partial charge in [0.25, 0.3) is 0 Å². The van der Waals surface area contributed by atoms with Gasteiger partial charge in [-0.25, -0.2) is 14.8 Å². The molecule has 0 unspecified atom stereocenters. The lowest BCUT2D eigenvalue weighted by Crippen LogP contribution is -2.38. The number of carbonyl (C=O) groups excluding carboxylic acids is 1. The van der Waals surface area contributed by atoms with E-state index in [0.29, 0.717) is 12.5 Å². The molecule has 1 atom stereocenters. The Morgan fingerprint density at radius 1 is 1.52 bits per heavy atom. The van der Waals surface area contributed by atoms with Crippen molar-refractivity contribution in [3.8, 4) is 0 Å². The highest BCUT2D eigenvalue weighted by molar-refractivity contribution is 7.15. The molecule has 120 valence electrons. The number of thiazole rings is 2. The second-order valence-electron chi connectivity index (χ2n) is 5.78. The SMILES string of the molecule is Cc1cnc([C@@H](NC(=O)NCc2cn3ccsc3n2)C2CC2)s1. The minimum atomic E-state index is -0.161. The number of hydrogen-bond acceptors (Lipinski definition) is 5. The van der Waals surface area contributed by atoms with Crippen LogP contribution in [0.25, 0.3) is 4.96 Å². The molecule has 0 spiro atoms. The average Bonchev–Trinajstić information content (AvgIpc) is 2.92. The van der Waals surface area contributed by atoms with Gasteiger partial charge in [-0.15, -0.1) is 22.7 Å². The maximum atomic E-state index is 12.2. The normalized spacial score (nSPS) is 15.7. The summed E-state index contributed by atoms with van der Waals surface area (Å²) in [5, 5.41) is 8.96. The van der Waals surface area contributed by atoms with Crippen LogP contribution in [0.2, 0.25) is 0 Å². The van der Waals surface area contributed by atoms with E-state index in [-0.39, 0.29) is 12.1 Å². The molecular weight excluding hydrogens is 330 g/mol. The lowest BCUT2D eigenvalue weighted by molar-refractivity contribution is 0.235. The Morgan fingerprint density at radius 3 is 3.09 bits per heavy atom. The molecule has 2 amide bonds. The largest absolute Gasteiger partial charge is 0.332 e. The van der Waals surface area contributed by atoms with Crippen LogP contribution in [0.1, 0.15) is 34.5 Å². The summed E-state index contributed by atoms with van der Waals surface area (Å²) in [5.74, 6) is 0.518. The smallest absolute Gasteiger partial charge is 0.315 e. The number of aromatic nitrogens is 3. The summed E-state index contributed by atoms with van der Waals surface area (Å²) < 4.78 is 1.96. The molecule has 0 aliphatic heterocycles. The van der Waals surface area contributed by atoms with Gasteiger partial charge >= 0.3 is 6.03 Å². The van der Waals surface area contributed by atoms with E-state index in [1.54, 1.807) is 22.7 Å². The van der Waals surface area contributed by atoms with Gasteiger partial charge in [-0.05, 0) is 25.7 Å². The van der Waals surface area contributed by atoms with Crippen molar-refractivity contribution in [2.24, 2.45) is 5.92 Å². The Labute approximate surface area is 141 Å². The Bertz CT molecular complexity index is 803. The van der Waals surface area contributed by atoms with Crippen LogP contribution in [-0.2, 0) is 6.54 Å². The van der Waals surface area contributed by atoms with Crippen LogP contribution in [-0.4, -0.2) is 20.4 Å². The van der Waals surface area contributed by atoms with E-state index in [1.165, 1.54) is 4.88 Å². The quantitative estimate of drug-likeness (QED) is 0.745. The van der Waals surface area contributed by atoms with E-state index in [0.717, 1.165) is 28.5 Å². The Kier molecular flexibility index (Phi) is 3.78. The van der Waals surface area contributed by atoms with E-state index in [2.05, 4.69) is 20.6 Å². The number of hydrogen-bond donors (Lipinski definition) is 2. The summed E-state index contributed by atoms with van der Waals surface area (Å²) in [6.07, 6.45) is 8.08. The van der Waals surface area contributed by atoms with E-state index >= 15 is 0 Å². The molecule has 23 heavy (non-hydrogen) atoms. The summed E-state index contributed by atoms with van der Waals surface area (Å²) in [4.78, 5) is 23.2. The molecule has 8 heteroatoms. The molecule has 2 N–H and O–H groups in total. The van der Waals surface area contributed by atoms with Crippen molar-refractivity contribution in [1.29, 1.82) is 0 Å². The molecule has 1 saturated carbocycles. The molecule has 0 saturated heterocycles. The van der Waals surface area contributed by atoms with E-state index < -0.39 is 0 Å². The molecule has 3 heterocycles. The van der Waals surface area contributed by atoms with Gasteiger partial charge in [0.15, 0.2) is 4.96 Å². The van der Waals surface area contributed by atoms with Crippen LogP contribution in [0, 0.1) is 12.8 Å². The van der Waals surface area contributed by atoms with E-state index in [4.69, 9.17) is 0 Å². The van der Waals surface area contributed by atoms with Crippen molar-refractivity contribution in [2.45, 2.75) is 32.4 Å². The molecule has 6 nitrogen and oxygen atoms in total. The van der Waals surface area contributed by atoms with Gasteiger partial charge in [0.2, 0.25) is 0 Å². The standard InChI is InChI=1S/C15H17N5OS2/c1-9-6-16-13(23-9)12(10-2-3-10)19-14(21)17-7-11-8-20-4-5-22-15(20)18-11/h4-6,8,10,12H,2-3,7H2,1H3,(H2,17,19,21)/t12-/m0/s1. The van der Waals surface area contributed by atoms with Crippen LogP contribution in [0.5, 0.6) is 0 Å². The molecule has 0 bridgehead atoms. The van der Waals surface area contributed by atoms with Gasteiger partial charge in [-0.2, -0.15) is 0 Å². The predicted molar refractivity (Wildman–Crippen MR) is 90.8 cm³/mol. The number of fused-ring (bicyclic) bond motifs is 1. The fourth-order valence-electron chi connectivity index (χ4n) is 2.55. The molecule has 0 aromatic carbocycles. The van der Waals surface area contributed by atoms with Gasteiger partial charge < -0.3 is 10.6 Å². The maximum Gasteiger partial charge on any atom is 0.315 e. The number of imidazole rings is 1. The predicted octanol–water partition coefficient (Wildman–Crippen LogP) is 3.11. The van der Waals surface area contributed by atoms with Gasteiger partial charge in [-0.3, -0.25) is 4.40 Å². The van der Waals surface area contributed by atoms with Crippen molar-refractivity contribution in [3.05, 3.63) is 39.5 Å². The topological polar surface area (TPSA) is 71.3 Å². The van der Waals surface area contributed by atoms with Crippen LogP contribution >= 0.6 is 22.7 Å². The average molecular weight is 347 g/mol. The molecule has 4 rings (SSSR count). The molecule has 1 aliphatic rings. The van der Waals surface area contributed by atoms with Crippen molar-refractivity contribution < 1.29 is 4.79 Å². The number of rotatable bonds is 5. The fraction of sp³-hybridized carbons (Fsp3) is 0.400. The molecule has 1 aliphatic carbocycles. The highest BCUT2D eigenvalue weighted by atomic mass is 32.1. The van der Waals surface area contributed by atoms with Gasteiger partial charge in [0.1, 0.15) is 5.01 Å². The van der Waals surface area contributed by atoms with Gasteiger partial charge in [0, 0.05) is 28.8 Å². The third-order valence-corrected chi connectivity index (χ3v) is 5.63. The minimum absolute atomic E-state index is 0.0270. The van der Waals surface area contributed by atoms with Crippen LogP contribution in [0.4, 0.5) is 4.79 Å². The summed E-state index contributed by atoms with van der Waals surface area (Å²) in [6.45, 7) is 2.46. The van der Waals surface area contributed by atoms with Crippen LogP contribution in [0.3, 0.4) is 0 Å². The first-order valence-corrected chi connectivity index (χ1v) is 9.26. The monoisotopic (exact) mass is 347 g/mol. The Hall–Kier alpha value is -1.93. The van der Waals surface area contributed by atoms with Crippen molar-refractivity contribution in [1.82, 2.24) is 25.0 Å². The maximum absolute atomic E-state index is 12.2. The zero-order valence-corrected chi connectivity index (χ0v) is 14.3. The Morgan fingerprint density at radius 2 is 2.39 bits per heavy atom. The molecular formula is C15H17N5OS2. The molecule has 0 radical (unpaired) electrons. The van der Waals surface area contributed by atoms with E-state index in [9.17, 15) is 4.79 Å². The number of urea groups is 1. The third kappa shape index (κ3) is 3.23. The van der Waals surface area contributed by atoms with Crippen LogP contribution in [0.15, 0.2) is 24.0 Å².